The Labute approximate surface area is 293 Å². The summed E-state index contributed by atoms with van der Waals surface area (Å²) in [4.78, 5) is 0. The molecule has 0 heterocycles. The van der Waals surface area contributed by atoms with E-state index in [4.69, 9.17) is 23.2 Å². The number of hydrogen-bond donors (Lipinski definition) is 0. The van der Waals surface area contributed by atoms with Crippen LogP contribution >= 0.6 is 23.2 Å². The van der Waals surface area contributed by atoms with Gasteiger partial charge in [0.2, 0.25) is 0 Å². The minimum atomic E-state index is -2.80. The van der Waals surface area contributed by atoms with Gasteiger partial charge in [-0.05, 0) is 0 Å². The third-order valence-corrected chi connectivity index (χ3v) is 17.2. The molecule has 0 spiro atoms. The summed E-state index contributed by atoms with van der Waals surface area (Å²) in [5.41, 5.74) is 11.4. The van der Waals surface area contributed by atoms with Gasteiger partial charge in [0.05, 0.1) is 0 Å². The Morgan fingerprint density at radius 2 is 1.18 bits per heavy atom. The van der Waals surface area contributed by atoms with Gasteiger partial charge in [-0.25, -0.2) is 0 Å². The smallest absolute Gasteiger partial charge is 1.00 e. The molecule has 0 atom stereocenters. The molecule has 0 amide bonds. The van der Waals surface area contributed by atoms with Gasteiger partial charge in [0.1, 0.15) is 0 Å². The third-order valence-electron chi connectivity index (χ3n) is 8.64. The van der Waals surface area contributed by atoms with E-state index in [1.807, 2.05) is 24.3 Å². The van der Waals surface area contributed by atoms with Crippen molar-refractivity contribution in [3.05, 3.63) is 147 Å². The van der Waals surface area contributed by atoms with Gasteiger partial charge in [0.25, 0.3) is 0 Å². The topological polar surface area (TPSA) is 0 Å². The van der Waals surface area contributed by atoms with Crippen LogP contribution in [0.5, 0.6) is 0 Å². The summed E-state index contributed by atoms with van der Waals surface area (Å²) < 4.78 is 3.56. The van der Waals surface area contributed by atoms with Gasteiger partial charge in [-0.1, -0.05) is 0 Å². The van der Waals surface area contributed by atoms with Crippen molar-refractivity contribution < 1.29 is 46.1 Å². The monoisotopic (exact) mass is 736 g/mol. The second-order valence-electron chi connectivity index (χ2n) is 13.7. The second kappa shape index (κ2) is 13.6. The van der Waals surface area contributed by atoms with E-state index in [1.165, 1.54) is 42.2 Å². The molecular formula is C39H38Cl4Zr. The molecule has 0 fully saturated rings. The van der Waals surface area contributed by atoms with Crippen LogP contribution in [-0.2, 0) is 38.5 Å². The zero-order chi connectivity index (χ0) is 29.8. The molecule has 0 saturated heterocycles. The molecule has 2 aliphatic rings. The summed E-state index contributed by atoms with van der Waals surface area (Å²) in [5, 5.41) is 1.53. The van der Waals surface area contributed by atoms with E-state index in [9.17, 15) is 0 Å². The SMILES string of the molecule is CC(C)(C)c1ccc2c(c1)Cc1c-2ccc(C(C)(C)C)[c]1[Zr+2](=[C](c1ccc(Cl)cc1)c1ccc(Cl)cc1)[CH]1C=CC=C1.[Cl-].[Cl-]. The van der Waals surface area contributed by atoms with E-state index in [1.54, 1.807) is 8.83 Å². The average molecular weight is 740 g/mol. The van der Waals surface area contributed by atoms with E-state index in [2.05, 4.69) is 120 Å². The first-order valence-corrected chi connectivity index (χ1v) is 19.5. The van der Waals surface area contributed by atoms with E-state index in [0.29, 0.717) is 3.63 Å². The fraction of sp³-hybridized carbons (Fsp3) is 0.256. The molecule has 5 heteroatoms. The molecule has 44 heavy (non-hydrogen) atoms. The Balaban J connectivity index is 0.00000221. The molecule has 2 aliphatic carbocycles. The van der Waals surface area contributed by atoms with E-state index >= 15 is 0 Å². The normalized spacial score (nSPS) is 13.4. The Morgan fingerprint density at radius 3 is 1.68 bits per heavy atom. The van der Waals surface area contributed by atoms with E-state index in [-0.39, 0.29) is 35.6 Å². The predicted octanol–water partition coefficient (Wildman–Crippen LogP) is 4.59. The number of halogens is 4. The van der Waals surface area contributed by atoms with Gasteiger partial charge in [-0.2, -0.15) is 0 Å². The quantitative estimate of drug-likeness (QED) is 0.253. The van der Waals surface area contributed by atoms with Crippen LogP contribution in [0, 0.1) is 0 Å². The standard InChI is InChI=1S/C21H25.C13H8Cl2.C5H5.2ClH.Zr/c1-20(2,3)16-7-9-18-14(12-16)11-15-13-17(21(4,5)6)8-10-19(15)18;14-12-5-1-10(2-6-12)9-11-3-7-13(15)8-4-11;1-2-4-5-3-1;;;/h7-10,12H,11H2,1-6H3;1-8H;1-5H;2*1H;/q;;;;;+2/p-2. The summed E-state index contributed by atoms with van der Waals surface area (Å²) in [6.07, 6.45) is 10.4. The summed E-state index contributed by atoms with van der Waals surface area (Å²) in [5.74, 6) is 0. The number of allylic oxidation sites excluding steroid dienone is 4. The molecule has 226 valence electrons. The first-order valence-electron chi connectivity index (χ1n) is 14.8. The Morgan fingerprint density at radius 1 is 0.659 bits per heavy atom. The second-order valence-corrected chi connectivity index (χ2v) is 20.7. The molecule has 0 aliphatic heterocycles. The van der Waals surface area contributed by atoms with Crippen molar-refractivity contribution in [3.8, 4) is 11.1 Å². The number of hydrogen-bond acceptors (Lipinski definition) is 0. The number of rotatable bonds is 4. The van der Waals surface area contributed by atoms with Gasteiger partial charge in [0, 0.05) is 0 Å². The van der Waals surface area contributed by atoms with Crippen molar-refractivity contribution in [3.63, 3.8) is 0 Å². The number of fused-ring (bicyclic) bond motifs is 3. The molecule has 0 unspecified atom stereocenters. The average Bonchev–Trinajstić information content (AvgIpc) is 3.59. The van der Waals surface area contributed by atoms with Crippen molar-refractivity contribution in [2.24, 2.45) is 0 Å². The van der Waals surface area contributed by atoms with Crippen LogP contribution in [0.15, 0.2) is 103 Å². The van der Waals surface area contributed by atoms with Gasteiger partial charge in [-0.15, -0.1) is 0 Å². The molecule has 0 saturated carbocycles. The Kier molecular flexibility index (Phi) is 10.8. The first-order chi connectivity index (χ1) is 19.9. The van der Waals surface area contributed by atoms with Crippen molar-refractivity contribution in [1.29, 1.82) is 0 Å². The maximum Gasteiger partial charge on any atom is -1.00 e. The van der Waals surface area contributed by atoms with Crippen LogP contribution in [0.3, 0.4) is 0 Å². The molecule has 0 nitrogen and oxygen atoms in total. The van der Waals surface area contributed by atoms with Crippen molar-refractivity contribution in [2.75, 3.05) is 0 Å². The van der Waals surface area contributed by atoms with E-state index < -0.39 is 21.3 Å². The molecular weight excluding hydrogens is 701 g/mol. The zero-order valence-electron chi connectivity index (χ0n) is 26.1. The molecule has 4 aromatic rings. The minimum Gasteiger partial charge on any atom is -1.00 e. The minimum absolute atomic E-state index is 0. The van der Waals surface area contributed by atoms with Gasteiger partial charge >= 0.3 is 271 Å². The molecule has 0 radical (unpaired) electrons. The summed E-state index contributed by atoms with van der Waals surface area (Å²) in [6.45, 7) is 14.1. The molecule has 0 aromatic heterocycles. The fourth-order valence-corrected chi connectivity index (χ4v) is 16.0. The summed E-state index contributed by atoms with van der Waals surface area (Å²) in [7, 11) is 0. The molecule has 0 N–H and O–H groups in total. The molecule has 0 bridgehead atoms. The van der Waals surface area contributed by atoms with E-state index in [0.717, 1.165) is 16.5 Å². The Hall–Kier alpha value is -1.73. The number of benzene rings is 4. The predicted molar refractivity (Wildman–Crippen MR) is 180 cm³/mol. The van der Waals surface area contributed by atoms with Crippen LogP contribution in [0.1, 0.15) is 74.9 Å². The molecule has 6 rings (SSSR count). The fourth-order valence-electron chi connectivity index (χ4n) is 6.47. The van der Waals surface area contributed by atoms with Crippen molar-refractivity contribution in [2.45, 2.75) is 62.4 Å². The van der Waals surface area contributed by atoms with Crippen LogP contribution in [0.25, 0.3) is 11.1 Å². The van der Waals surface area contributed by atoms with Gasteiger partial charge in [0.15, 0.2) is 0 Å². The summed E-state index contributed by atoms with van der Waals surface area (Å²) >= 11 is 10.1. The third kappa shape index (κ3) is 6.84. The first kappa shape index (κ1) is 35.1. The maximum absolute atomic E-state index is 6.43. The van der Waals surface area contributed by atoms with Crippen LogP contribution < -0.4 is 28.1 Å². The Bertz CT molecular complexity index is 1700. The largest absolute Gasteiger partial charge is 1.00 e. The summed E-state index contributed by atoms with van der Waals surface area (Å²) in [6, 6.07) is 29.1. The maximum atomic E-state index is 6.43. The van der Waals surface area contributed by atoms with Gasteiger partial charge < -0.3 is 24.8 Å². The van der Waals surface area contributed by atoms with Crippen LogP contribution in [0.2, 0.25) is 13.7 Å². The van der Waals surface area contributed by atoms with Crippen LogP contribution in [0.4, 0.5) is 0 Å². The van der Waals surface area contributed by atoms with Gasteiger partial charge in [-0.3, -0.25) is 0 Å². The molecule has 4 aromatic carbocycles. The van der Waals surface area contributed by atoms with Crippen LogP contribution in [-0.4, -0.2) is 3.21 Å². The zero-order valence-corrected chi connectivity index (χ0v) is 31.6. The van der Waals surface area contributed by atoms with Crippen molar-refractivity contribution in [1.82, 2.24) is 0 Å². The van der Waals surface area contributed by atoms with Crippen molar-refractivity contribution >= 4 is 29.7 Å².